The minimum Gasteiger partial charge on any atom is -0.350 e. The van der Waals surface area contributed by atoms with Crippen LogP contribution in [-0.4, -0.2) is 69.5 Å². The van der Waals surface area contributed by atoms with Gasteiger partial charge in [-0.2, -0.15) is 0 Å². The van der Waals surface area contributed by atoms with Crippen molar-refractivity contribution in [2.24, 2.45) is 7.05 Å². The van der Waals surface area contributed by atoms with Crippen molar-refractivity contribution in [1.82, 2.24) is 29.7 Å². The highest BCUT2D eigenvalue weighted by atomic mass is 16.2. The standard InChI is InChI=1S/C19H27N7O2/c1-12(2)22-17(27)14-10-21-19(24(3)4)23-15(14)13-6-8-26(11-13)18(28)16-20-7-9-25(16)5/h7,9-10,12-13H,6,8,11H2,1-5H3,(H,22,27). The topological polar surface area (TPSA) is 96.2 Å². The van der Waals surface area contributed by atoms with Crippen molar-refractivity contribution >= 4 is 17.8 Å². The van der Waals surface area contributed by atoms with E-state index in [9.17, 15) is 9.59 Å². The van der Waals surface area contributed by atoms with Crippen molar-refractivity contribution in [3.05, 3.63) is 35.7 Å². The van der Waals surface area contributed by atoms with Crippen LogP contribution in [0, 0.1) is 0 Å². The summed E-state index contributed by atoms with van der Waals surface area (Å²) in [5.41, 5.74) is 1.16. The van der Waals surface area contributed by atoms with Crippen molar-refractivity contribution in [1.29, 1.82) is 0 Å². The summed E-state index contributed by atoms with van der Waals surface area (Å²) in [6.07, 6.45) is 5.69. The number of likely N-dealkylation sites (tertiary alicyclic amines) is 1. The lowest BCUT2D eigenvalue weighted by atomic mass is 9.99. The van der Waals surface area contributed by atoms with Gasteiger partial charge in [0.25, 0.3) is 11.8 Å². The van der Waals surface area contributed by atoms with Gasteiger partial charge in [0.05, 0.1) is 11.3 Å². The highest BCUT2D eigenvalue weighted by molar-refractivity contribution is 5.95. The van der Waals surface area contributed by atoms with E-state index in [1.807, 2.05) is 27.9 Å². The van der Waals surface area contributed by atoms with Crippen LogP contribution >= 0.6 is 0 Å². The summed E-state index contributed by atoms with van der Waals surface area (Å²) in [6.45, 7) is 4.92. The molecule has 0 aliphatic carbocycles. The fraction of sp³-hybridized carbons (Fsp3) is 0.526. The molecule has 0 bridgehead atoms. The van der Waals surface area contributed by atoms with Gasteiger partial charge in [-0.3, -0.25) is 9.59 Å². The number of nitrogens with zero attached hydrogens (tertiary/aromatic N) is 6. The third-order valence-corrected chi connectivity index (χ3v) is 4.74. The summed E-state index contributed by atoms with van der Waals surface area (Å²) in [5.74, 6) is 0.633. The maximum absolute atomic E-state index is 12.8. The quantitative estimate of drug-likeness (QED) is 0.826. The number of hydrogen-bond donors (Lipinski definition) is 1. The molecule has 0 spiro atoms. The fourth-order valence-electron chi connectivity index (χ4n) is 3.31. The molecule has 2 aromatic heterocycles. The third kappa shape index (κ3) is 3.97. The summed E-state index contributed by atoms with van der Waals surface area (Å²) in [6, 6.07) is 0.0129. The lowest BCUT2D eigenvalue weighted by molar-refractivity contribution is 0.0775. The molecule has 0 radical (unpaired) electrons. The molecule has 1 atom stereocenters. The van der Waals surface area contributed by atoms with Crippen molar-refractivity contribution < 1.29 is 9.59 Å². The van der Waals surface area contributed by atoms with E-state index in [-0.39, 0.29) is 23.8 Å². The smallest absolute Gasteiger partial charge is 0.289 e. The van der Waals surface area contributed by atoms with Gasteiger partial charge in [-0.25, -0.2) is 15.0 Å². The number of aryl methyl sites for hydroxylation is 1. The molecule has 1 fully saturated rings. The average molecular weight is 385 g/mol. The van der Waals surface area contributed by atoms with Crippen LogP contribution in [0.2, 0.25) is 0 Å². The Kier molecular flexibility index (Phi) is 5.62. The minimum atomic E-state index is -0.191. The van der Waals surface area contributed by atoms with Gasteiger partial charge in [0.15, 0.2) is 5.82 Å². The van der Waals surface area contributed by atoms with E-state index in [4.69, 9.17) is 0 Å². The minimum absolute atomic E-state index is 0.0129. The number of carbonyl (C=O) groups is 2. The van der Waals surface area contributed by atoms with E-state index < -0.39 is 0 Å². The van der Waals surface area contributed by atoms with Gasteiger partial charge in [-0.15, -0.1) is 0 Å². The molecule has 0 aromatic carbocycles. The van der Waals surface area contributed by atoms with Crippen molar-refractivity contribution in [3.63, 3.8) is 0 Å². The van der Waals surface area contributed by atoms with Gasteiger partial charge < -0.3 is 19.7 Å². The normalized spacial score (nSPS) is 16.5. The van der Waals surface area contributed by atoms with Gasteiger partial charge in [0.2, 0.25) is 5.95 Å². The number of aromatic nitrogens is 4. The molecule has 0 saturated carbocycles. The van der Waals surface area contributed by atoms with Gasteiger partial charge in [-0.05, 0) is 20.3 Å². The van der Waals surface area contributed by atoms with E-state index in [0.717, 1.165) is 6.42 Å². The highest BCUT2D eigenvalue weighted by Gasteiger charge is 2.33. The molecule has 1 aliphatic rings. The Morgan fingerprint density at radius 2 is 2.04 bits per heavy atom. The van der Waals surface area contributed by atoms with E-state index in [0.29, 0.717) is 36.1 Å². The number of carbonyl (C=O) groups excluding carboxylic acids is 2. The molecular weight excluding hydrogens is 358 g/mol. The zero-order valence-corrected chi connectivity index (χ0v) is 17.0. The van der Waals surface area contributed by atoms with Crippen LogP contribution in [0.4, 0.5) is 5.95 Å². The first-order valence-corrected chi connectivity index (χ1v) is 9.39. The molecular formula is C19H27N7O2. The van der Waals surface area contributed by atoms with Crippen molar-refractivity contribution in [3.8, 4) is 0 Å². The predicted molar refractivity (Wildman–Crippen MR) is 105 cm³/mol. The zero-order chi connectivity index (χ0) is 20.4. The second-order valence-corrected chi connectivity index (χ2v) is 7.59. The molecule has 28 heavy (non-hydrogen) atoms. The summed E-state index contributed by atoms with van der Waals surface area (Å²) in [5, 5.41) is 2.91. The van der Waals surface area contributed by atoms with Gasteiger partial charge >= 0.3 is 0 Å². The van der Waals surface area contributed by atoms with E-state index in [1.54, 1.807) is 40.0 Å². The van der Waals surface area contributed by atoms with Gasteiger partial charge in [0.1, 0.15) is 0 Å². The first-order valence-electron chi connectivity index (χ1n) is 9.39. The largest absolute Gasteiger partial charge is 0.350 e. The Morgan fingerprint density at radius 1 is 1.29 bits per heavy atom. The molecule has 3 heterocycles. The Labute approximate surface area is 164 Å². The van der Waals surface area contributed by atoms with E-state index in [2.05, 4.69) is 20.3 Å². The first kappa shape index (κ1) is 19.8. The molecule has 9 heteroatoms. The number of amides is 2. The molecule has 150 valence electrons. The maximum atomic E-state index is 12.8. The predicted octanol–water partition coefficient (Wildman–Crippen LogP) is 1.04. The first-order chi connectivity index (χ1) is 13.3. The number of nitrogens with one attached hydrogen (secondary N) is 1. The number of imidazole rings is 1. The molecule has 2 aromatic rings. The third-order valence-electron chi connectivity index (χ3n) is 4.74. The Balaban J connectivity index is 1.87. The second-order valence-electron chi connectivity index (χ2n) is 7.59. The SMILES string of the molecule is CC(C)NC(=O)c1cnc(N(C)C)nc1C1CCN(C(=O)c2nccn2C)C1. The Hall–Kier alpha value is -2.97. The lowest BCUT2D eigenvalue weighted by Gasteiger charge is -2.19. The molecule has 3 rings (SSSR count). The summed E-state index contributed by atoms with van der Waals surface area (Å²) in [4.78, 5) is 42.1. The molecule has 1 N–H and O–H groups in total. The maximum Gasteiger partial charge on any atom is 0.289 e. The molecule has 1 saturated heterocycles. The van der Waals surface area contributed by atoms with Crippen LogP contribution in [0.1, 0.15) is 52.9 Å². The van der Waals surface area contributed by atoms with Crippen LogP contribution < -0.4 is 10.2 Å². The van der Waals surface area contributed by atoms with E-state index >= 15 is 0 Å². The van der Waals surface area contributed by atoms with Crippen LogP contribution in [0.15, 0.2) is 18.6 Å². The van der Waals surface area contributed by atoms with Crippen molar-refractivity contribution in [2.45, 2.75) is 32.2 Å². The van der Waals surface area contributed by atoms with Crippen LogP contribution in [0.3, 0.4) is 0 Å². The summed E-state index contributed by atoms with van der Waals surface area (Å²) in [7, 11) is 5.52. The van der Waals surface area contributed by atoms with Crippen molar-refractivity contribution in [2.75, 3.05) is 32.1 Å². The lowest BCUT2D eigenvalue weighted by Crippen LogP contribution is -2.33. The fourth-order valence-corrected chi connectivity index (χ4v) is 3.31. The summed E-state index contributed by atoms with van der Waals surface area (Å²) < 4.78 is 1.71. The molecule has 1 aliphatic heterocycles. The summed E-state index contributed by atoms with van der Waals surface area (Å²) >= 11 is 0. The average Bonchev–Trinajstić information content (AvgIpc) is 3.29. The molecule has 1 unspecified atom stereocenters. The molecule has 2 amide bonds. The number of anilines is 1. The van der Waals surface area contributed by atoms with Crippen LogP contribution in [0.5, 0.6) is 0 Å². The Bertz CT molecular complexity index is 875. The second kappa shape index (κ2) is 7.95. The molecule has 9 nitrogen and oxygen atoms in total. The van der Waals surface area contributed by atoms with E-state index in [1.165, 1.54) is 0 Å². The monoisotopic (exact) mass is 385 g/mol. The zero-order valence-electron chi connectivity index (χ0n) is 17.0. The highest BCUT2D eigenvalue weighted by Crippen LogP contribution is 2.30. The van der Waals surface area contributed by atoms with Crippen LogP contribution in [-0.2, 0) is 7.05 Å². The van der Waals surface area contributed by atoms with Gasteiger partial charge in [-0.1, -0.05) is 0 Å². The Morgan fingerprint density at radius 3 is 2.64 bits per heavy atom. The number of hydrogen-bond acceptors (Lipinski definition) is 6. The van der Waals surface area contributed by atoms with Gasteiger partial charge in [0, 0.05) is 64.8 Å². The van der Waals surface area contributed by atoms with Crippen LogP contribution in [0.25, 0.3) is 0 Å². The number of rotatable bonds is 5.